The van der Waals surface area contributed by atoms with Gasteiger partial charge in [-0.3, -0.25) is 9.78 Å². The first-order chi connectivity index (χ1) is 13.8. The second kappa shape index (κ2) is 6.96. The number of pyridine rings is 2. The highest BCUT2D eigenvalue weighted by molar-refractivity contribution is 5.79. The molecule has 0 bridgehead atoms. The molecular weight excluding hydrogens is 352 g/mol. The number of imidazole rings is 1. The second-order valence-corrected chi connectivity index (χ2v) is 7.08. The van der Waals surface area contributed by atoms with E-state index in [4.69, 9.17) is 4.42 Å². The molecule has 1 amide bonds. The highest BCUT2D eigenvalue weighted by atomic mass is 16.3. The van der Waals surface area contributed by atoms with Crippen molar-refractivity contribution in [2.24, 2.45) is 0 Å². The minimum atomic E-state index is 0.0108. The molecule has 4 aromatic heterocycles. The van der Waals surface area contributed by atoms with Crippen LogP contribution >= 0.6 is 0 Å². The number of aromatic nitrogens is 3. The smallest absolute Gasteiger partial charge is 0.230 e. The molecule has 1 fully saturated rings. The first-order valence-corrected chi connectivity index (χ1v) is 9.48. The van der Waals surface area contributed by atoms with E-state index in [-0.39, 0.29) is 11.9 Å². The lowest BCUT2D eigenvalue weighted by Crippen LogP contribution is -2.32. The van der Waals surface area contributed by atoms with Gasteiger partial charge in [0.15, 0.2) is 0 Å². The van der Waals surface area contributed by atoms with Crippen LogP contribution in [0.5, 0.6) is 0 Å². The topological polar surface area (TPSA) is 63.6 Å². The van der Waals surface area contributed by atoms with Crippen molar-refractivity contribution in [3.05, 3.63) is 79.0 Å². The van der Waals surface area contributed by atoms with Crippen molar-refractivity contribution >= 4 is 11.4 Å². The van der Waals surface area contributed by atoms with Gasteiger partial charge >= 0.3 is 0 Å². The lowest BCUT2D eigenvalue weighted by Gasteiger charge is -2.23. The van der Waals surface area contributed by atoms with E-state index in [0.29, 0.717) is 12.2 Å². The Morgan fingerprint density at radius 3 is 2.96 bits per heavy atom. The molecule has 0 spiro atoms. The fourth-order valence-corrected chi connectivity index (χ4v) is 4.00. The number of hydrogen-bond acceptors (Lipinski definition) is 4. The van der Waals surface area contributed by atoms with Crippen molar-refractivity contribution in [1.29, 1.82) is 0 Å². The van der Waals surface area contributed by atoms with Gasteiger partial charge in [-0.25, -0.2) is 4.98 Å². The van der Waals surface area contributed by atoms with Crippen molar-refractivity contribution in [3.63, 3.8) is 0 Å². The van der Waals surface area contributed by atoms with Gasteiger partial charge in [-0.15, -0.1) is 0 Å². The summed E-state index contributed by atoms with van der Waals surface area (Å²) in [5.41, 5.74) is 4.15. The van der Waals surface area contributed by atoms with E-state index in [0.717, 1.165) is 41.7 Å². The highest BCUT2D eigenvalue weighted by Crippen LogP contribution is 2.34. The van der Waals surface area contributed by atoms with Crippen LogP contribution < -0.4 is 0 Å². The average molecular weight is 372 g/mol. The molecule has 6 nitrogen and oxygen atoms in total. The molecule has 1 saturated heterocycles. The van der Waals surface area contributed by atoms with Crippen LogP contribution in [0.2, 0.25) is 0 Å². The van der Waals surface area contributed by atoms with E-state index in [1.165, 1.54) is 0 Å². The number of furan rings is 1. The summed E-state index contributed by atoms with van der Waals surface area (Å²) in [4.78, 5) is 23.6. The van der Waals surface area contributed by atoms with Gasteiger partial charge in [0.05, 0.1) is 36.3 Å². The largest absolute Gasteiger partial charge is 0.469 e. The van der Waals surface area contributed by atoms with E-state index in [9.17, 15) is 4.79 Å². The van der Waals surface area contributed by atoms with Crippen molar-refractivity contribution in [2.75, 3.05) is 6.54 Å². The molecular formula is C22H20N4O2. The number of amides is 1. The van der Waals surface area contributed by atoms with Gasteiger partial charge in [-0.1, -0.05) is 12.1 Å². The van der Waals surface area contributed by atoms with E-state index >= 15 is 0 Å². The molecule has 1 aliphatic heterocycles. The predicted octanol–water partition coefficient (Wildman–Crippen LogP) is 3.90. The van der Waals surface area contributed by atoms with Gasteiger partial charge in [-0.2, -0.15) is 0 Å². The zero-order valence-electron chi connectivity index (χ0n) is 15.4. The fourth-order valence-electron chi connectivity index (χ4n) is 4.00. The molecule has 0 unspecified atom stereocenters. The molecule has 6 heteroatoms. The summed E-state index contributed by atoms with van der Waals surface area (Å²) >= 11 is 0. The normalized spacial score (nSPS) is 16.7. The maximum atomic E-state index is 12.8. The Morgan fingerprint density at radius 2 is 2.14 bits per heavy atom. The molecule has 0 aromatic carbocycles. The third-order valence-electron chi connectivity index (χ3n) is 5.35. The summed E-state index contributed by atoms with van der Waals surface area (Å²) in [5, 5.41) is 0. The Balaban J connectivity index is 1.44. The maximum Gasteiger partial charge on any atom is 0.230 e. The van der Waals surface area contributed by atoms with Crippen LogP contribution in [0.15, 0.2) is 72.0 Å². The number of carbonyl (C=O) groups is 1. The molecule has 0 N–H and O–H groups in total. The summed E-state index contributed by atoms with van der Waals surface area (Å²) < 4.78 is 7.38. The molecule has 5 rings (SSSR count). The van der Waals surface area contributed by atoms with Gasteiger partial charge in [0, 0.05) is 30.7 Å². The summed E-state index contributed by atoms with van der Waals surface area (Å²) in [5.74, 6) is 0.789. The summed E-state index contributed by atoms with van der Waals surface area (Å²) in [7, 11) is 0. The number of nitrogens with zero attached hydrogens (tertiary/aromatic N) is 4. The summed E-state index contributed by atoms with van der Waals surface area (Å²) in [6, 6.07) is 11.8. The number of carbonyl (C=O) groups excluding carboxylic acids is 1. The first-order valence-electron chi connectivity index (χ1n) is 9.48. The summed E-state index contributed by atoms with van der Waals surface area (Å²) in [6.07, 6.45) is 11.3. The van der Waals surface area contributed by atoms with Crippen LogP contribution in [0.4, 0.5) is 0 Å². The molecule has 1 aliphatic rings. The van der Waals surface area contributed by atoms with Crippen LogP contribution in [0.3, 0.4) is 0 Å². The number of hydrogen-bond donors (Lipinski definition) is 0. The number of rotatable bonds is 4. The Kier molecular flexibility index (Phi) is 4.16. The van der Waals surface area contributed by atoms with E-state index < -0.39 is 0 Å². The number of fused-ring (bicyclic) bond motifs is 1. The van der Waals surface area contributed by atoms with Gasteiger partial charge < -0.3 is 13.7 Å². The van der Waals surface area contributed by atoms with Crippen molar-refractivity contribution in [1.82, 2.24) is 19.3 Å². The van der Waals surface area contributed by atoms with Crippen LogP contribution in [0.1, 0.15) is 30.3 Å². The minimum Gasteiger partial charge on any atom is -0.469 e. The van der Waals surface area contributed by atoms with Crippen LogP contribution in [0, 0.1) is 0 Å². The summed E-state index contributed by atoms with van der Waals surface area (Å²) in [6.45, 7) is 0.761. The predicted molar refractivity (Wildman–Crippen MR) is 105 cm³/mol. The average Bonchev–Trinajstić information content (AvgIpc) is 3.48. The SMILES string of the molecule is O=C(Cc1ccco1)N1CCC[C@H]1c1ncn2cc(-c3cccnc3)ccc12. The monoisotopic (exact) mass is 372 g/mol. The lowest BCUT2D eigenvalue weighted by molar-refractivity contribution is -0.131. The standard InChI is InChI=1S/C22H20N4O2/c27-21(12-18-5-3-11-28-18)26-10-2-6-20(26)22-19-8-7-17(14-25(19)15-24-22)16-4-1-9-23-13-16/h1,3-5,7-9,11,13-15,20H,2,6,10,12H2/t20-/m0/s1. The molecule has 28 heavy (non-hydrogen) atoms. The van der Waals surface area contributed by atoms with E-state index in [1.807, 2.05) is 46.1 Å². The minimum absolute atomic E-state index is 0.0108. The molecule has 5 heterocycles. The third-order valence-corrected chi connectivity index (χ3v) is 5.35. The Morgan fingerprint density at radius 1 is 1.18 bits per heavy atom. The Labute approximate surface area is 162 Å². The van der Waals surface area contributed by atoms with Crippen LogP contribution in [-0.4, -0.2) is 31.7 Å². The van der Waals surface area contributed by atoms with Crippen molar-refractivity contribution < 1.29 is 9.21 Å². The first kappa shape index (κ1) is 16.7. The molecule has 140 valence electrons. The van der Waals surface area contributed by atoms with Crippen LogP contribution in [0.25, 0.3) is 16.6 Å². The molecule has 1 atom stereocenters. The molecule has 4 aromatic rings. The maximum absolute atomic E-state index is 12.8. The Bertz CT molecular complexity index is 1100. The quantitative estimate of drug-likeness (QED) is 0.545. The number of likely N-dealkylation sites (tertiary alicyclic amines) is 1. The van der Waals surface area contributed by atoms with Gasteiger partial charge in [0.2, 0.25) is 5.91 Å². The van der Waals surface area contributed by atoms with E-state index in [2.05, 4.69) is 28.3 Å². The van der Waals surface area contributed by atoms with Gasteiger partial charge in [-0.05, 0) is 42.7 Å². The Hall–Kier alpha value is -3.41. The van der Waals surface area contributed by atoms with Gasteiger partial charge in [0.25, 0.3) is 0 Å². The zero-order chi connectivity index (χ0) is 18.9. The third kappa shape index (κ3) is 2.97. The van der Waals surface area contributed by atoms with E-state index in [1.54, 1.807) is 12.5 Å². The highest BCUT2D eigenvalue weighted by Gasteiger charge is 2.32. The second-order valence-electron chi connectivity index (χ2n) is 7.08. The van der Waals surface area contributed by atoms with Crippen molar-refractivity contribution in [3.8, 4) is 11.1 Å². The van der Waals surface area contributed by atoms with Crippen LogP contribution in [-0.2, 0) is 11.2 Å². The fraction of sp³-hybridized carbons (Fsp3) is 0.227. The lowest BCUT2D eigenvalue weighted by atomic mass is 10.1. The molecule has 0 radical (unpaired) electrons. The van der Waals surface area contributed by atoms with Gasteiger partial charge in [0.1, 0.15) is 5.76 Å². The molecule has 0 saturated carbocycles. The van der Waals surface area contributed by atoms with Crippen molar-refractivity contribution in [2.45, 2.75) is 25.3 Å². The zero-order valence-corrected chi connectivity index (χ0v) is 15.4. The molecule has 0 aliphatic carbocycles.